The van der Waals surface area contributed by atoms with Gasteiger partial charge in [-0.05, 0) is 43.2 Å². The van der Waals surface area contributed by atoms with Crippen molar-refractivity contribution in [1.82, 2.24) is 15.5 Å². The fourth-order valence-electron chi connectivity index (χ4n) is 3.04. The first-order valence-electron chi connectivity index (χ1n) is 7.87. The number of nitrogens with one attached hydrogen (secondary N) is 2. The maximum atomic E-state index is 13.0. The molecule has 3 rings (SSSR count). The van der Waals surface area contributed by atoms with Crippen LogP contribution in [0.25, 0.3) is 11.3 Å². The van der Waals surface area contributed by atoms with E-state index in [2.05, 4.69) is 15.5 Å². The van der Waals surface area contributed by atoms with Crippen LogP contribution in [0.1, 0.15) is 42.6 Å². The number of hydrogen-bond donors (Lipinski definition) is 3. The Labute approximate surface area is 138 Å². The Morgan fingerprint density at radius 3 is 2.46 bits per heavy atom. The zero-order valence-electron chi connectivity index (χ0n) is 13.0. The highest BCUT2D eigenvalue weighted by Crippen LogP contribution is 2.29. The minimum atomic E-state index is -1.21. The first-order chi connectivity index (χ1) is 11.5. The molecule has 1 aliphatic rings. The molecule has 3 N–H and O–H groups in total. The van der Waals surface area contributed by atoms with Crippen molar-refractivity contribution in [3.63, 3.8) is 0 Å². The summed E-state index contributed by atoms with van der Waals surface area (Å²) in [7, 11) is 0. The van der Waals surface area contributed by atoms with E-state index in [1.807, 2.05) is 0 Å². The third kappa shape index (κ3) is 3.15. The molecule has 1 aliphatic carbocycles. The van der Waals surface area contributed by atoms with Crippen LogP contribution >= 0.6 is 0 Å². The van der Waals surface area contributed by atoms with Crippen molar-refractivity contribution in [2.24, 2.45) is 0 Å². The molecule has 7 heteroatoms. The number of carboxylic acid groups (broad SMARTS) is 1. The van der Waals surface area contributed by atoms with Gasteiger partial charge in [-0.2, -0.15) is 5.10 Å². The number of aromatic amines is 1. The number of nitrogens with zero attached hydrogens (tertiary/aromatic N) is 1. The van der Waals surface area contributed by atoms with Crippen LogP contribution in [-0.4, -0.2) is 32.7 Å². The Hall–Kier alpha value is -2.70. The third-order valence-electron chi connectivity index (χ3n) is 4.43. The van der Waals surface area contributed by atoms with E-state index in [1.165, 1.54) is 18.2 Å². The number of halogens is 1. The van der Waals surface area contributed by atoms with E-state index in [1.54, 1.807) is 12.1 Å². The number of hydrogen-bond acceptors (Lipinski definition) is 3. The van der Waals surface area contributed by atoms with E-state index in [0.717, 1.165) is 19.3 Å². The van der Waals surface area contributed by atoms with Crippen LogP contribution in [0, 0.1) is 5.82 Å². The van der Waals surface area contributed by atoms with Crippen LogP contribution in [0.5, 0.6) is 0 Å². The molecule has 0 saturated heterocycles. The second-order valence-corrected chi connectivity index (χ2v) is 6.08. The Balaban J connectivity index is 1.78. The van der Waals surface area contributed by atoms with Gasteiger partial charge < -0.3 is 10.4 Å². The van der Waals surface area contributed by atoms with E-state index in [9.17, 15) is 19.1 Å². The molecule has 1 aromatic carbocycles. The maximum Gasteiger partial charge on any atom is 0.329 e. The average molecular weight is 331 g/mol. The zero-order chi connectivity index (χ0) is 17.2. The first-order valence-corrected chi connectivity index (χ1v) is 7.87. The topological polar surface area (TPSA) is 95.1 Å². The smallest absolute Gasteiger partial charge is 0.329 e. The van der Waals surface area contributed by atoms with E-state index < -0.39 is 17.4 Å². The standard InChI is InChI=1S/C17H18FN3O3/c18-12-6-4-11(5-7-12)13-10-14(21-20-13)15(22)19-17(16(23)24)8-2-1-3-9-17/h4-7,10H,1-3,8-9H2,(H,19,22)(H,20,21)(H,23,24). The number of rotatable bonds is 4. The highest BCUT2D eigenvalue weighted by atomic mass is 19.1. The number of aliphatic carboxylic acids is 1. The number of H-pyrrole nitrogens is 1. The molecule has 1 fully saturated rings. The van der Waals surface area contributed by atoms with E-state index in [0.29, 0.717) is 24.1 Å². The van der Waals surface area contributed by atoms with E-state index in [4.69, 9.17) is 0 Å². The number of amides is 1. The summed E-state index contributed by atoms with van der Waals surface area (Å²) in [6, 6.07) is 7.28. The fraction of sp³-hybridized carbons (Fsp3) is 0.353. The summed E-state index contributed by atoms with van der Waals surface area (Å²) in [6.07, 6.45) is 3.37. The molecule has 126 valence electrons. The summed E-state index contributed by atoms with van der Waals surface area (Å²) in [5.74, 6) is -1.86. The maximum absolute atomic E-state index is 13.0. The number of carboxylic acids is 1. The predicted octanol–water partition coefficient (Wildman–Crippen LogP) is 2.73. The lowest BCUT2D eigenvalue weighted by Crippen LogP contribution is -2.55. The molecule has 1 saturated carbocycles. The number of benzene rings is 1. The number of carbonyl (C=O) groups excluding carboxylic acids is 1. The molecule has 1 aromatic heterocycles. The Bertz CT molecular complexity index is 749. The van der Waals surface area contributed by atoms with Crippen molar-refractivity contribution < 1.29 is 19.1 Å². The molecule has 0 spiro atoms. The second-order valence-electron chi connectivity index (χ2n) is 6.08. The molecule has 0 radical (unpaired) electrons. The largest absolute Gasteiger partial charge is 0.480 e. The van der Waals surface area contributed by atoms with Crippen LogP contribution in [0.3, 0.4) is 0 Å². The summed E-state index contributed by atoms with van der Waals surface area (Å²) >= 11 is 0. The number of carbonyl (C=O) groups is 2. The second kappa shape index (κ2) is 6.43. The molecule has 0 unspecified atom stereocenters. The van der Waals surface area contributed by atoms with Gasteiger partial charge in [0.1, 0.15) is 17.1 Å². The molecular weight excluding hydrogens is 313 g/mol. The Morgan fingerprint density at radius 2 is 1.83 bits per heavy atom. The third-order valence-corrected chi connectivity index (χ3v) is 4.43. The van der Waals surface area contributed by atoms with Gasteiger partial charge >= 0.3 is 5.97 Å². The van der Waals surface area contributed by atoms with Crippen molar-refractivity contribution in [1.29, 1.82) is 0 Å². The quantitative estimate of drug-likeness (QED) is 0.803. The van der Waals surface area contributed by atoms with Gasteiger partial charge in [0.25, 0.3) is 5.91 Å². The summed E-state index contributed by atoms with van der Waals surface area (Å²) in [5.41, 5.74) is 0.127. The fourth-order valence-corrected chi connectivity index (χ4v) is 3.04. The lowest BCUT2D eigenvalue weighted by molar-refractivity contribution is -0.145. The summed E-state index contributed by atoms with van der Waals surface area (Å²) < 4.78 is 13.0. The van der Waals surface area contributed by atoms with Gasteiger partial charge in [0.15, 0.2) is 0 Å². The predicted molar refractivity (Wildman–Crippen MR) is 84.9 cm³/mol. The summed E-state index contributed by atoms with van der Waals surface area (Å²) in [5, 5.41) is 18.8. The Kier molecular flexibility index (Phi) is 4.33. The molecule has 6 nitrogen and oxygen atoms in total. The molecular formula is C17H18FN3O3. The van der Waals surface area contributed by atoms with E-state index >= 15 is 0 Å². The molecule has 0 atom stereocenters. The molecule has 0 bridgehead atoms. The minimum absolute atomic E-state index is 0.181. The lowest BCUT2D eigenvalue weighted by Gasteiger charge is -2.33. The number of aromatic nitrogens is 2. The molecule has 0 aliphatic heterocycles. The van der Waals surface area contributed by atoms with Gasteiger partial charge in [0.2, 0.25) is 0 Å². The van der Waals surface area contributed by atoms with Crippen molar-refractivity contribution in [3.05, 3.63) is 41.8 Å². The van der Waals surface area contributed by atoms with E-state index in [-0.39, 0.29) is 11.5 Å². The molecule has 24 heavy (non-hydrogen) atoms. The summed E-state index contributed by atoms with van der Waals surface area (Å²) in [6.45, 7) is 0. The van der Waals surface area contributed by atoms with Gasteiger partial charge in [0, 0.05) is 5.56 Å². The molecule has 2 aromatic rings. The van der Waals surface area contributed by atoms with Crippen molar-refractivity contribution >= 4 is 11.9 Å². The molecule has 1 amide bonds. The SMILES string of the molecule is O=C(NC1(C(=O)O)CCCCC1)c1cc(-c2ccc(F)cc2)n[nH]1. The van der Waals surface area contributed by atoms with Crippen LogP contribution in [0.4, 0.5) is 4.39 Å². The van der Waals surface area contributed by atoms with Crippen LogP contribution < -0.4 is 5.32 Å². The summed E-state index contributed by atoms with van der Waals surface area (Å²) in [4.78, 5) is 24.0. The minimum Gasteiger partial charge on any atom is -0.480 e. The first kappa shape index (κ1) is 16.2. The van der Waals surface area contributed by atoms with Crippen LogP contribution in [0.2, 0.25) is 0 Å². The highest BCUT2D eigenvalue weighted by Gasteiger charge is 2.41. The highest BCUT2D eigenvalue weighted by molar-refractivity contribution is 5.97. The normalized spacial score (nSPS) is 16.5. The van der Waals surface area contributed by atoms with Crippen molar-refractivity contribution in [2.45, 2.75) is 37.6 Å². The van der Waals surface area contributed by atoms with Crippen LogP contribution in [0.15, 0.2) is 30.3 Å². The van der Waals surface area contributed by atoms with Gasteiger partial charge in [0.05, 0.1) is 5.69 Å². The van der Waals surface area contributed by atoms with Crippen molar-refractivity contribution in [3.8, 4) is 11.3 Å². The monoisotopic (exact) mass is 331 g/mol. The van der Waals surface area contributed by atoms with Gasteiger partial charge in [-0.3, -0.25) is 9.89 Å². The zero-order valence-corrected chi connectivity index (χ0v) is 13.0. The Morgan fingerprint density at radius 1 is 1.17 bits per heavy atom. The average Bonchev–Trinajstić information content (AvgIpc) is 3.06. The van der Waals surface area contributed by atoms with Crippen LogP contribution in [-0.2, 0) is 4.79 Å². The molecule has 1 heterocycles. The lowest BCUT2D eigenvalue weighted by atomic mass is 9.81. The van der Waals surface area contributed by atoms with Gasteiger partial charge in [-0.25, -0.2) is 9.18 Å². The van der Waals surface area contributed by atoms with Gasteiger partial charge in [-0.1, -0.05) is 19.3 Å². The van der Waals surface area contributed by atoms with Gasteiger partial charge in [-0.15, -0.1) is 0 Å². The van der Waals surface area contributed by atoms with Crippen molar-refractivity contribution in [2.75, 3.05) is 0 Å².